The van der Waals surface area contributed by atoms with Gasteiger partial charge in [0.05, 0.1) is 24.3 Å². The molecule has 0 fully saturated rings. The van der Waals surface area contributed by atoms with E-state index in [1.54, 1.807) is 19.2 Å². The first-order chi connectivity index (χ1) is 12.6. The van der Waals surface area contributed by atoms with Crippen LogP contribution in [0.15, 0.2) is 42.5 Å². The largest absolute Gasteiger partial charge is 0.497 e. The topological polar surface area (TPSA) is 71.7 Å². The van der Waals surface area contributed by atoms with Gasteiger partial charge in [-0.2, -0.15) is 0 Å². The molecule has 5 heteroatoms. The Morgan fingerprint density at radius 1 is 1.27 bits per heavy atom. The van der Waals surface area contributed by atoms with E-state index in [1.165, 1.54) is 5.69 Å². The second-order valence-electron chi connectivity index (χ2n) is 6.75. The van der Waals surface area contributed by atoms with E-state index in [0.717, 1.165) is 40.6 Å². The molecule has 0 bridgehead atoms. The van der Waals surface area contributed by atoms with Crippen LogP contribution in [0, 0.1) is 0 Å². The smallest absolute Gasteiger partial charge is 0.336 e. The van der Waals surface area contributed by atoms with Gasteiger partial charge in [0.2, 0.25) is 0 Å². The van der Waals surface area contributed by atoms with Gasteiger partial charge in [0.1, 0.15) is 5.75 Å². The molecule has 5 nitrogen and oxygen atoms in total. The number of aromatic nitrogens is 1. The third-order valence-corrected chi connectivity index (χ3v) is 5.23. The summed E-state index contributed by atoms with van der Waals surface area (Å²) in [6.07, 6.45) is 1.81. The minimum Gasteiger partial charge on any atom is -0.497 e. The van der Waals surface area contributed by atoms with Crippen LogP contribution in [0.1, 0.15) is 33.6 Å². The highest BCUT2D eigenvalue weighted by molar-refractivity contribution is 5.90. The molecule has 0 radical (unpaired) electrons. The Kier molecular flexibility index (Phi) is 4.17. The number of aliphatic hydroxyl groups excluding tert-OH is 1. The summed E-state index contributed by atoms with van der Waals surface area (Å²) in [5, 5.41) is 20.7. The van der Waals surface area contributed by atoms with E-state index in [0.29, 0.717) is 18.5 Å². The van der Waals surface area contributed by atoms with Crippen LogP contribution in [-0.2, 0) is 19.4 Å². The van der Waals surface area contributed by atoms with E-state index in [4.69, 9.17) is 4.74 Å². The lowest BCUT2D eigenvalue weighted by atomic mass is 9.93. The lowest BCUT2D eigenvalue weighted by molar-refractivity contribution is 0.0695. The number of ether oxygens (including phenoxy) is 1. The molecule has 134 valence electrons. The lowest BCUT2D eigenvalue weighted by Gasteiger charge is -2.20. The van der Waals surface area contributed by atoms with Gasteiger partial charge in [0.15, 0.2) is 0 Å². The van der Waals surface area contributed by atoms with Crippen molar-refractivity contribution in [3.8, 4) is 5.75 Å². The minimum absolute atomic E-state index is 0.321. The molecule has 4 rings (SSSR count). The van der Waals surface area contributed by atoms with E-state index >= 15 is 0 Å². The maximum absolute atomic E-state index is 11.6. The molecule has 0 saturated carbocycles. The summed E-state index contributed by atoms with van der Waals surface area (Å²) in [5.74, 6) is -0.153. The Morgan fingerprint density at radius 2 is 2.08 bits per heavy atom. The van der Waals surface area contributed by atoms with Crippen LogP contribution < -0.4 is 4.74 Å². The fourth-order valence-corrected chi connectivity index (χ4v) is 3.95. The van der Waals surface area contributed by atoms with Gasteiger partial charge in [-0.1, -0.05) is 18.2 Å². The molecule has 2 aromatic carbocycles. The number of carbonyl (C=O) groups is 1. The zero-order chi connectivity index (χ0) is 18.3. The molecule has 1 aromatic heterocycles. The molecule has 1 aliphatic carbocycles. The van der Waals surface area contributed by atoms with Gasteiger partial charge in [-0.25, -0.2) is 4.79 Å². The summed E-state index contributed by atoms with van der Waals surface area (Å²) >= 11 is 0. The molecular formula is C21H21NO4. The van der Waals surface area contributed by atoms with Crippen molar-refractivity contribution in [2.24, 2.45) is 0 Å². The molecule has 0 aliphatic heterocycles. The van der Waals surface area contributed by atoms with Gasteiger partial charge in [0, 0.05) is 30.1 Å². The summed E-state index contributed by atoms with van der Waals surface area (Å²) in [7, 11) is 1.64. The van der Waals surface area contributed by atoms with Crippen LogP contribution >= 0.6 is 0 Å². The van der Waals surface area contributed by atoms with Crippen molar-refractivity contribution in [2.45, 2.75) is 31.9 Å². The Hall–Kier alpha value is -2.79. The van der Waals surface area contributed by atoms with Gasteiger partial charge in [-0.3, -0.25) is 0 Å². The molecule has 0 saturated heterocycles. The zero-order valence-electron chi connectivity index (χ0n) is 14.6. The van der Waals surface area contributed by atoms with Crippen molar-refractivity contribution in [2.75, 3.05) is 7.11 Å². The minimum atomic E-state index is -0.918. The quantitative estimate of drug-likeness (QED) is 0.757. The van der Waals surface area contributed by atoms with Gasteiger partial charge < -0.3 is 19.5 Å². The average molecular weight is 351 g/mol. The Morgan fingerprint density at radius 3 is 2.85 bits per heavy atom. The summed E-state index contributed by atoms with van der Waals surface area (Å²) in [5.41, 5.74) is 4.45. The molecule has 1 aliphatic rings. The van der Waals surface area contributed by atoms with E-state index in [1.807, 2.05) is 30.3 Å². The summed E-state index contributed by atoms with van der Waals surface area (Å²) in [6.45, 7) is 0.484. The molecule has 1 unspecified atom stereocenters. The summed E-state index contributed by atoms with van der Waals surface area (Å²) in [4.78, 5) is 11.6. The lowest BCUT2D eigenvalue weighted by Crippen LogP contribution is -2.20. The molecule has 2 N–H and O–H groups in total. The predicted octanol–water partition coefficient (Wildman–Crippen LogP) is 3.25. The molecule has 1 atom stereocenters. The average Bonchev–Trinajstić information content (AvgIpc) is 2.94. The third kappa shape index (κ3) is 2.74. The standard InChI is InChI=1S/C21H21NO4/c1-26-15-7-8-17-18-10-14(23)6-9-19(18)22(20(17)11-15)12-13-4-2-3-5-16(13)21(24)25/h2-5,7-8,11,14,23H,6,9-10,12H2,1H3,(H,24,25). The number of methoxy groups -OCH3 is 1. The molecule has 0 spiro atoms. The van der Waals surface area contributed by atoms with Crippen LogP contribution in [0.4, 0.5) is 0 Å². The van der Waals surface area contributed by atoms with Crippen molar-refractivity contribution in [3.63, 3.8) is 0 Å². The fourth-order valence-electron chi connectivity index (χ4n) is 3.95. The summed E-state index contributed by atoms with van der Waals surface area (Å²) < 4.78 is 7.57. The van der Waals surface area contributed by atoms with E-state index < -0.39 is 5.97 Å². The number of benzene rings is 2. The number of hydrogen-bond acceptors (Lipinski definition) is 3. The van der Waals surface area contributed by atoms with Crippen LogP contribution in [0.5, 0.6) is 5.75 Å². The SMILES string of the molecule is COc1ccc2c3c(n(Cc4ccccc4C(=O)O)c2c1)CCC(O)C3. The van der Waals surface area contributed by atoms with Crippen LogP contribution in [-0.4, -0.2) is 34.0 Å². The molecule has 1 heterocycles. The highest BCUT2D eigenvalue weighted by Gasteiger charge is 2.25. The molecule has 3 aromatic rings. The second kappa shape index (κ2) is 6.50. The maximum Gasteiger partial charge on any atom is 0.336 e. The predicted molar refractivity (Wildman–Crippen MR) is 99.0 cm³/mol. The maximum atomic E-state index is 11.6. The molecule has 26 heavy (non-hydrogen) atoms. The first kappa shape index (κ1) is 16.7. The second-order valence-corrected chi connectivity index (χ2v) is 6.75. The van der Waals surface area contributed by atoms with Gasteiger partial charge in [-0.15, -0.1) is 0 Å². The number of aliphatic hydroxyl groups is 1. The van der Waals surface area contributed by atoms with Crippen molar-refractivity contribution in [1.82, 2.24) is 4.57 Å². The van der Waals surface area contributed by atoms with Crippen LogP contribution in [0.3, 0.4) is 0 Å². The first-order valence-corrected chi connectivity index (χ1v) is 8.75. The summed E-state index contributed by atoms with van der Waals surface area (Å²) in [6, 6.07) is 13.1. The van der Waals surface area contributed by atoms with Gasteiger partial charge >= 0.3 is 5.97 Å². The Labute approximate surface area is 151 Å². The van der Waals surface area contributed by atoms with E-state index in [2.05, 4.69) is 4.57 Å². The first-order valence-electron chi connectivity index (χ1n) is 8.75. The third-order valence-electron chi connectivity index (χ3n) is 5.23. The van der Waals surface area contributed by atoms with E-state index in [-0.39, 0.29) is 6.10 Å². The number of hydrogen-bond donors (Lipinski definition) is 2. The van der Waals surface area contributed by atoms with Crippen molar-refractivity contribution in [3.05, 3.63) is 64.8 Å². The zero-order valence-corrected chi connectivity index (χ0v) is 14.6. The van der Waals surface area contributed by atoms with Crippen molar-refractivity contribution < 1.29 is 19.7 Å². The van der Waals surface area contributed by atoms with Crippen molar-refractivity contribution >= 4 is 16.9 Å². The number of rotatable bonds is 4. The number of carboxylic acids is 1. The van der Waals surface area contributed by atoms with Gasteiger partial charge in [-0.05, 0) is 42.2 Å². The number of fused-ring (bicyclic) bond motifs is 3. The fraction of sp³-hybridized carbons (Fsp3) is 0.286. The monoisotopic (exact) mass is 351 g/mol. The van der Waals surface area contributed by atoms with Crippen molar-refractivity contribution in [1.29, 1.82) is 0 Å². The number of nitrogens with zero attached hydrogens (tertiary/aromatic N) is 1. The number of aromatic carboxylic acids is 1. The molecular weight excluding hydrogens is 330 g/mol. The highest BCUT2D eigenvalue weighted by atomic mass is 16.5. The number of carboxylic acid groups (broad SMARTS) is 1. The van der Waals surface area contributed by atoms with Crippen LogP contribution in [0.2, 0.25) is 0 Å². The highest BCUT2D eigenvalue weighted by Crippen LogP contribution is 2.35. The Balaban J connectivity index is 1.90. The normalized spacial score (nSPS) is 16.5. The Bertz CT molecular complexity index is 989. The van der Waals surface area contributed by atoms with E-state index in [9.17, 15) is 15.0 Å². The van der Waals surface area contributed by atoms with Gasteiger partial charge in [0.25, 0.3) is 0 Å². The molecule has 0 amide bonds. The van der Waals surface area contributed by atoms with Crippen LogP contribution in [0.25, 0.3) is 10.9 Å².